The van der Waals surface area contributed by atoms with E-state index in [2.05, 4.69) is 15.1 Å². The Labute approximate surface area is 176 Å². The predicted octanol–water partition coefficient (Wildman–Crippen LogP) is 2.56. The van der Waals surface area contributed by atoms with Crippen molar-refractivity contribution in [2.45, 2.75) is 43.2 Å². The quantitative estimate of drug-likeness (QED) is 0.552. The zero-order chi connectivity index (χ0) is 21.0. The molecule has 0 atom stereocenters. The number of sulfonamides is 1. The third-order valence-electron chi connectivity index (χ3n) is 4.99. The van der Waals surface area contributed by atoms with E-state index >= 15 is 0 Å². The van der Waals surface area contributed by atoms with Crippen LogP contribution in [0.2, 0.25) is 0 Å². The van der Waals surface area contributed by atoms with Crippen LogP contribution in [0, 0.1) is 0 Å². The summed E-state index contributed by atoms with van der Waals surface area (Å²) < 4.78 is 28.9. The largest absolute Gasteiger partial charge is 0.352 e. The van der Waals surface area contributed by atoms with Crippen LogP contribution in [-0.2, 0) is 27.8 Å². The van der Waals surface area contributed by atoms with Gasteiger partial charge in [-0.3, -0.25) is 4.79 Å². The average Bonchev–Trinajstić information content (AvgIpc) is 3.38. The molecule has 0 aliphatic heterocycles. The van der Waals surface area contributed by atoms with Gasteiger partial charge in [-0.2, -0.15) is 5.10 Å². The van der Waals surface area contributed by atoms with Crippen LogP contribution in [0.1, 0.15) is 30.4 Å². The number of benzene rings is 2. The first kappa shape index (κ1) is 20.3. The molecule has 1 aliphatic rings. The second-order valence-electron chi connectivity index (χ2n) is 7.40. The maximum Gasteiger partial charge on any atom is 0.240 e. The normalized spacial score (nSPS) is 13.9. The number of aryl methyl sites for hydroxylation is 1. The van der Waals surface area contributed by atoms with Crippen molar-refractivity contribution in [1.82, 2.24) is 19.8 Å². The smallest absolute Gasteiger partial charge is 0.240 e. The molecule has 2 aromatic carbocycles. The van der Waals surface area contributed by atoms with Crippen molar-refractivity contribution in [3.8, 4) is 5.69 Å². The highest BCUT2D eigenvalue weighted by Gasteiger charge is 2.27. The molecule has 0 unspecified atom stereocenters. The number of rotatable bonds is 9. The van der Waals surface area contributed by atoms with Crippen LogP contribution in [-0.4, -0.2) is 30.1 Å². The summed E-state index contributed by atoms with van der Waals surface area (Å²) in [4.78, 5) is 12.6. The Kier molecular flexibility index (Phi) is 5.96. The predicted molar refractivity (Wildman–Crippen MR) is 114 cm³/mol. The number of nitrogens with zero attached hydrogens (tertiary/aromatic N) is 2. The van der Waals surface area contributed by atoms with Crippen LogP contribution in [0.3, 0.4) is 0 Å². The van der Waals surface area contributed by atoms with Crippen molar-refractivity contribution in [2.75, 3.05) is 0 Å². The number of para-hydroxylation sites is 1. The van der Waals surface area contributed by atoms with E-state index in [0.717, 1.165) is 29.7 Å². The third-order valence-corrected chi connectivity index (χ3v) is 6.53. The number of hydrogen-bond acceptors (Lipinski definition) is 4. The average molecular weight is 425 g/mol. The van der Waals surface area contributed by atoms with Gasteiger partial charge in [0.25, 0.3) is 0 Å². The fourth-order valence-electron chi connectivity index (χ4n) is 3.16. The molecule has 1 amide bonds. The van der Waals surface area contributed by atoms with Gasteiger partial charge in [0.2, 0.25) is 15.9 Å². The zero-order valence-electron chi connectivity index (χ0n) is 16.5. The van der Waals surface area contributed by atoms with E-state index in [0.29, 0.717) is 19.4 Å². The lowest BCUT2D eigenvalue weighted by atomic mass is 10.1. The van der Waals surface area contributed by atoms with Gasteiger partial charge in [0, 0.05) is 31.4 Å². The minimum absolute atomic E-state index is 0.0580. The summed E-state index contributed by atoms with van der Waals surface area (Å²) in [5, 5.41) is 7.20. The van der Waals surface area contributed by atoms with Gasteiger partial charge in [0.15, 0.2) is 0 Å². The minimum Gasteiger partial charge on any atom is -0.352 e. The van der Waals surface area contributed by atoms with Crippen molar-refractivity contribution < 1.29 is 13.2 Å². The summed E-state index contributed by atoms with van der Waals surface area (Å²) in [6.07, 6.45) is 6.26. The summed E-state index contributed by atoms with van der Waals surface area (Å²) in [6, 6.07) is 16.5. The van der Waals surface area contributed by atoms with Crippen LogP contribution >= 0.6 is 0 Å². The van der Waals surface area contributed by atoms with Crippen LogP contribution in [0.4, 0.5) is 0 Å². The van der Waals surface area contributed by atoms with Gasteiger partial charge in [-0.15, -0.1) is 0 Å². The van der Waals surface area contributed by atoms with Crippen molar-refractivity contribution in [1.29, 1.82) is 0 Å². The van der Waals surface area contributed by atoms with Crippen LogP contribution in [0.15, 0.2) is 71.9 Å². The first-order valence-electron chi connectivity index (χ1n) is 9.97. The van der Waals surface area contributed by atoms with E-state index in [-0.39, 0.29) is 16.8 Å². The Hall–Kier alpha value is -2.97. The third kappa shape index (κ3) is 5.14. The molecule has 7 nitrogen and oxygen atoms in total. The minimum atomic E-state index is -3.44. The molecule has 1 aromatic heterocycles. The highest BCUT2D eigenvalue weighted by Crippen LogP contribution is 2.22. The van der Waals surface area contributed by atoms with Crippen LogP contribution < -0.4 is 10.0 Å². The van der Waals surface area contributed by atoms with Crippen LogP contribution in [0.5, 0.6) is 0 Å². The number of nitrogens with one attached hydrogen (secondary N) is 2. The molecule has 0 bridgehead atoms. The molecule has 0 radical (unpaired) electrons. The van der Waals surface area contributed by atoms with Gasteiger partial charge in [-0.05, 0) is 54.7 Å². The van der Waals surface area contributed by atoms with Crippen LogP contribution in [0.25, 0.3) is 5.69 Å². The monoisotopic (exact) mass is 424 g/mol. The second kappa shape index (κ2) is 8.81. The molecule has 1 heterocycles. The fourth-order valence-corrected chi connectivity index (χ4v) is 4.46. The number of amides is 1. The summed E-state index contributed by atoms with van der Waals surface area (Å²) in [5.74, 6) is -0.0580. The van der Waals surface area contributed by atoms with Gasteiger partial charge < -0.3 is 5.32 Å². The first-order chi connectivity index (χ1) is 14.5. The van der Waals surface area contributed by atoms with Crippen molar-refractivity contribution in [2.24, 2.45) is 0 Å². The highest BCUT2D eigenvalue weighted by atomic mass is 32.2. The molecule has 4 rings (SSSR count). The molecule has 0 saturated heterocycles. The number of aromatic nitrogens is 2. The van der Waals surface area contributed by atoms with E-state index in [9.17, 15) is 13.2 Å². The molecule has 0 spiro atoms. The van der Waals surface area contributed by atoms with Gasteiger partial charge >= 0.3 is 0 Å². The lowest BCUT2D eigenvalue weighted by Crippen LogP contribution is -2.25. The molecule has 1 fully saturated rings. The molecular formula is C22H24N4O3S. The van der Waals surface area contributed by atoms with E-state index in [1.165, 1.54) is 0 Å². The van der Waals surface area contributed by atoms with Gasteiger partial charge in [0.1, 0.15) is 0 Å². The maximum atomic E-state index is 12.3. The molecule has 1 saturated carbocycles. The number of carbonyl (C=O) groups is 1. The van der Waals surface area contributed by atoms with E-state index < -0.39 is 10.0 Å². The zero-order valence-corrected chi connectivity index (χ0v) is 17.3. The maximum absolute atomic E-state index is 12.3. The second-order valence-corrected chi connectivity index (χ2v) is 9.11. The summed E-state index contributed by atoms with van der Waals surface area (Å²) in [5.41, 5.74) is 2.83. The number of carbonyl (C=O) groups excluding carboxylic acids is 1. The molecule has 1 aliphatic carbocycles. The summed E-state index contributed by atoms with van der Waals surface area (Å²) in [7, 11) is -3.44. The summed E-state index contributed by atoms with van der Waals surface area (Å²) >= 11 is 0. The molecule has 3 aromatic rings. The van der Waals surface area contributed by atoms with E-state index in [1.54, 1.807) is 35.1 Å². The Morgan fingerprint density at radius 2 is 1.83 bits per heavy atom. The van der Waals surface area contributed by atoms with E-state index in [4.69, 9.17) is 0 Å². The fraction of sp³-hybridized carbons (Fsp3) is 0.273. The Bertz CT molecular complexity index is 1110. The first-order valence-corrected chi connectivity index (χ1v) is 11.5. The van der Waals surface area contributed by atoms with Crippen molar-refractivity contribution >= 4 is 15.9 Å². The van der Waals surface area contributed by atoms with E-state index in [1.807, 2.05) is 36.5 Å². The Balaban J connectivity index is 1.29. The molecular weight excluding hydrogens is 400 g/mol. The standard InChI is InChI=1S/C22H24N4O3S/c27-22(23-16-18-4-1-2-5-21(18)26-15-3-14-24-26)13-8-17-6-11-20(12-7-17)30(28,29)25-19-9-10-19/h1-7,11-12,14-15,19,25H,8-10,13,16H2,(H,23,27). The molecule has 2 N–H and O–H groups in total. The van der Waals surface area contributed by atoms with Crippen molar-refractivity contribution in [3.63, 3.8) is 0 Å². The highest BCUT2D eigenvalue weighted by molar-refractivity contribution is 7.89. The summed E-state index contributed by atoms with van der Waals surface area (Å²) in [6.45, 7) is 0.416. The van der Waals surface area contributed by atoms with Gasteiger partial charge in [0.05, 0.1) is 10.6 Å². The lowest BCUT2D eigenvalue weighted by molar-refractivity contribution is -0.121. The lowest BCUT2D eigenvalue weighted by Gasteiger charge is -2.11. The SMILES string of the molecule is O=C(CCc1ccc(S(=O)(=O)NC2CC2)cc1)NCc1ccccc1-n1cccn1. The van der Waals surface area contributed by atoms with Gasteiger partial charge in [-0.1, -0.05) is 30.3 Å². The Morgan fingerprint density at radius 1 is 1.07 bits per heavy atom. The molecule has 156 valence electrons. The van der Waals surface area contributed by atoms with Gasteiger partial charge in [-0.25, -0.2) is 17.8 Å². The molecule has 30 heavy (non-hydrogen) atoms. The molecule has 8 heteroatoms. The van der Waals surface area contributed by atoms with Crippen molar-refractivity contribution in [3.05, 3.63) is 78.1 Å². The topological polar surface area (TPSA) is 93.1 Å². The Morgan fingerprint density at radius 3 is 2.53 bits per heavy atom. The number of hydrogen-bond donors (Lipinski definition) is 2.